The molecule has 7 amide bonds. The lowest BCUT2D eigenvalue weighted by atomic mass is 10.00. The Kier molecular flexibility index (Phi) is 25.4. The lowest BCUT2D eigenvalue weighted by Crippen LogP contribution is -2.60. The van der Waals surface area contributed by atoms with Crippen molar-refractivity contribution in [3.05, 3.63) is 74.5 Å². The number of aromatic nitrogens is 1. The van der Waals surface area contributed by atoms with E-state index < -0.39 is 123 Å². The fourth-order valence-corrected chi connectivity index (χ4v) is 9.21. The first-order chi connectivity index (χ1) is 39.2. The van der Waals surface area contributed by atoms with Gasteiger partial charge in [0.05, 0.1) is 22.5 Å². The molecule has 1 aliphatic rings. The standard InChI is InChI=1S/C52H77N17O14/c1-27(2)21-37(65-48(76)41-15-10-20-67(41)49(77)36(14-9-19-58-52(55)56)61-34-17-16-31(68(80)81)24-42(34)69(82)83)45(73)60-29(5)43(71)63-38(22-28(3)4)46(74)64-39(23-30-25-59-33-12-7-6-11-32(30)33)47(75)62-35(13-8-18-57-51(53)54)44(72)66-40(26-70)50(78)79/h6-7,11-12,16-17,24-25,27-29,35-41,59,61,70H,8-10,13-15,18-23,26H2,1-5H3,(H,60,73)(H,62,75)(H,63,71)(H,64,74)(H,65,76)(H,66,72)(H,78,79)(H4,53,54,57)(H4,55,56,58)/t29-,35-,36-,37-,38-,39-,40-,41-/m0/s1. The number of aliphatic hydroxyl groups is 1. The van der Waals surface area contributed by atoms with Crippen molar-refractivity contribution in [1.29, 1.82) is 0 Å². The number of hydrogen-bond acceptors (Lipinski definition) is 16. The molecule has 31 heteroatoms. The normalized spacial score (nSPS) is 15.5. The number of rotatable bonds is 33. The maximum Gasteiger partial charge on any atom is 0.328 e. The number of fused-ring (bicyclic) bond motifs is 1. The molecule has 3 aromatic rings. The molecule has 0 radical (unpaired) electrons. The number of carboxylic acids is 1. The minimum absolute atomic E-state index is 0.00231. The van der Waals surface area contributed by atoms with Gasteiger partial charge in [-0.25, -0.2) is 4.79 Å². The molecule has 2 aromatic carbocycles. The van der Waals surface area contributed by atoms with E-state index in [0.717, 1.165) is 18.2 Å². The fourth-order valence-electron chi connectivity index (χ4n) is 9.21. The summed E-state index contributed by atoms with van der Waals surface area (Å²) < 4.78 is 0. The average molecular weight is 1160 g/mol. The van der Waals surface area contributed by atoms with Crippen molar-refractivity contribution in [2.24, 2.45) is 44.8 Å². The molecular formula is C52H77N17O14. The van der Waals surface area contributed by atoms with Crippen LogP contribution in [0, 0.1) is 32.1 Å². The Hall–Kier alpha value is -9.16. The van der Waals surface area contributed by atoms with Gasteiger partial charge < -0.3 is 80.2 Å². The number of hydrogen-bond donors (Lipinski definition) is 14. The number of non-ortho nitro benzene ring substituents is 1. The summed E-state index contributed by atoms with van der Waals surface area (Å²) in [7, 11) is 0. The monoisotopic (exact) mass is 1160 g/mol. The van der Waals surface area contributed by atoms with E-state index in [9.17, 15) is 68.8 Å². The summed E-state index contributed by atoms with van der Waals surface area (Å²) in [4.78, 5) is 145. The molecular weight excluding hydrogens is 1090 g/mol. The number of aliphatic carboxylic acids is 1. The van der Waals surface area contributed by atoms with Gasteiger partial charge in [0.1, 0.15) is 54.0 Å². The summed E-state index contributed by atoms with van der Waals surface area (Å²) in [5, 5.41) is 61.7. The number of nitro benzene ring substituents is 2. The number of aliphatic hydroxyl groups excluding tert-OH is 1. The maximum absolute atomic E-state index is 14.4. The Labute approximate surface area is 477 Å². The number of H-pyrrole nitrogens is 1. The third-order valence-corrected chi connectivity index (χ3v) is 13.3. The molecule has 2 heterocycles. The summed E-state index contributed by atoms with van der Waals surface area (Å²) in [6.45, 7) is 7.74. The number of para-hydroxylation sites is 1. The van der Waals surface area contributed by atoms with Gasteiger partial charge in [-0.2, -0.15) is 0 Å². The molecule has 0 bridgehead atoms. The topological polar surface area (TPSA) is 495 Å². The number of carbonyl (C=O) groups is 8. The highest BCUT2D eigenvalue weighted by molar-refractivity contribution is 5.98. The van der Waals surface area contributed by atoms with Gasteiger partial charge in [-0.05, 0) is 87.8 Å². The molecule has 1 aliphatic heterocycles. The van der Waals surface area contributed by atoms with Crippen LogP contribution in [0.1, 0.15) is 91.5 Å². The minimum atomic E-state index is -1.71. The number of benzene rings is 2. The maximum atomic E-state index is 14.4. The van der Waals surface area contributed by atoms with E-state index in [-0.39, 0.29) is 100 Å². The molecule has 0 unspecified atom stereocenters. The fraction of sp³-hybridized carbons (Fsp3) is 0.538. The molecule has 1 saturated heterocycles. The van der Waals surface area contributed by atoms with Crippen LogP contribution in [0.2, 0.25) is 0 Å². The highest BCUT2D eigenvalue weighted by Gasteiger charge is 2.40. The van der Waals surface area contributed by atoms with E-state index in [1.807, 2.05) is 0 Å². The summed E-state index contributed by atoms with van der Waals surface area (Å²) >= 11 is 0. The van der Waals surface area contributed by atoms with E-state index in [1.54, 1.807) is 58.2 Å². The van der Waals surface area contributed by atoms with Gasteiger partial charge in [0.2, 0.25) is 41.4 Å². The molecule has 454 valence electrons. The van der Waals surface area contributed by atoms with Crippen molar-refractivity contribution in [3.8, 4) is 0 Å². The highest BCUT2D eigenvalue weighted by Crippen LogP contribution is 2.31. The van der Waals surface area contributed by atoms with Crippen molar-refractivity contribution in [2.45, 2.75) is 141 Å². The van der Waals surface area contributed by atoms with Crippen LogP contribution in [0.15, 0.2) is 58.6 Å². The zero-order valence-corrected chi connectivity index (χ0v) is 46.9. The molecule has 31 nitrogen and oxygen atoms in total. The first kappa shape index (κ1) is 66.4. The zero-order chi connectivity index (χ0) is 61.7. The number of amides is 7. The number of likely N-dealkylation sites (tertiary alicyclic amines) is 1. The molecule has 0 saturated carbocycles. The number of aliphatic imine (C=N–C) groups is 2. The van der Waals surface area contributed by atoms with Crippen molar-refractivity contribution >= 4 is 87.2 Å². The first-order valence-electron chi connectivity index (χ1n) is 27.0. The average Bonchev–Trinajstić information content (AvgIpc) is 4.33. The number of nitrogens with two attached hydrogens (primary N) is 4. The van der Waals surface area contributed by atoms with Gasteiger partial charge in [-0.15, -0.1) is 0 Å². The largest absolute Gasteiger partial charge is 0.480 e. The number of nitrogens with one attached hydrogen (secondary N) is 8. The Morgan fingerprint density at radius 2 is 1.24 bits per heavy atom. The van der Waals surface area contributed by atoms with Crippen LogP contribution < -0.4 is 60.2 Å². The van der Waals surface area contributed by atoms with Crippen molar-refractivity contribution in [3.63, 3.8) is 0 Å². The second kappa shape index (κ2) is 31.7. The second-order valence-electron chi connectivity index (χ2n) is 20.9. The van der Waals surface area contributed by atoms with Gasteiger partial charge in [0, 0.05) is 49.2 Å². The quantitative estimate of drug-likeness (QED) is 0.0117. The zero-order valence-electron chi connectivity index (χ0n) is 46.9. The number of anilines is 1. The van der Waals surface area contributed by atoms with E-state index in [1.165, 1.54) is 11.8 Å². The Morgan fingerprint density at radius 3 is 1.82 bits per heavy atom. The molecule has 0 aliphatic carbocycles. The van der Waals surface area contributed by atoms with Gasteiger partial charge in [0.25, 0.3) is 11.4 Å². The predicted molar refractivity (Wildman–Crippen MR) is 305 cm³/mol. The molecule has 1 aromatic heterocycles. The lowest BCUT2D eigenvalue weighted by Gasteiger charge is -2.30. The molecule has 0 spiro atoms. The summed E-state index contributed by atoms with van der Waals surface area (Å²) in [6.07, 6.45) is 2.35. The van der Waals surface area contributed by atoms with Gasteiger partial charge in [0.15, 0.2) is 11.9 Å². The van der Waals surface area contributed by atoms with E-state index >= 15 is 0 Å². The summed E-state index contributed by atoms with van der Waals surface area (Å²) in [5.41, 5.74) is 21.7. The number of aromatic amines is 1. The Morgan fingerprint density at radius 1 is 0.699 bits per heavy atom. The van der Waals surface area contributed by atoms with Crippen LogP contribution in [0.3, 0.4) is 0 Å². The predicted octanol–water partition coefficient (Wildman–Crippen LogP) is -0.797. The highest BCUT2D eigenvalue weighted by atomic mass is 16.6. The van der Waals surface area contributed by atoms with Crippen LogP contribution in [-0.4, -0.2) is 164 Å². The third-order valence-electron chi connectivity index (χ3n) is 13.3. The van der Waals surface area contributed by atoms with Crippen LogP contribution >= 0.6 is 0 Å². The molecule has 83 heavy (non-hydrogen) atoms. The van der Waals surface area contributed by atoms with Crippen LogP contribution in [0.25, 0.3) is 10.9 Å². The van der Waals surface area contributed by atoms with Gasteiger partial charge in [-0.3, -0.25) is 63.8 Å². The number of nitrogens with zero attached hydrogens (tertiary/aromatic N) is 5. The third kappa shape index (κ3) is 20.4. The smallest absolute Gasteiger partial charge is 0.328 e. The summed E-state index contributed by atoms with van der Waals surface area (Å²) in [5.74, 6) is -8.00. The molecule has 1 fully saturated rings. The van der Waals surface area contributed by atoms with Gasteiger partial charge in [-0.1, -0.05) is 45.9 Å². The Bertz CT molecular complexity index is 2870. The lowest BCUT2D eigenvalue weighted by molar-refractivity contribution is -0.393. The number of guanidine groups is 2. The van der Waals surface area contributed by atoms with Crippen molar-refractivity contribution < 1.29 is 58.4 Å². The van der Waals surface area contributed by atoms with Crippen LogP contribution in [0.5, 0.6) is 0 Å². The Balaban J connectivity index is 1.55. The second-order valence-corrected chi connectivity index (χ2v) is 20.9. The SMILES string of the molecule is CC(C)C[C@H](NC(=O)[C@H](C)NC(=O)[C@H](CC(C)C)NC(=O)[C@@H]1CCCN1C(=O)[C@H](CCCN=C(N)N)Nc1ccc([N+](=O)[O-])cc1[N+](=O)[O-])C(=O)N[C@@H](Cc1c[nH]c2ccccc12)C(=O)N[C@@H](CCCN=C(N)N)C(=O)N[C@@H](CO)C(=O)O. The number of nitro groups is 2. The van der Waals surface area contributed by atoms with Crippen LogP contribution in [0.4, 0.5) is 17.1 Å². The van der Waals surface area contributed by atoms with E-state index in [2.05, 4.69) is 52.2 Å². The molecule has 4 rings (SSSR count). The van der Waals surface area contributed by atoms with E-state index in [4.69, 9.17) is 22.9 Å². The number of carbonyl (C=O) groups excluding carboxylic acids is 7. The van der Waals surface area contributed by atoms with Crippen molar-refractivity contribution in [2.75, 3.05) is 31.6 Å². The van der Waals surface area contributed by atoms with Gasteiger partial charge >= 0.3 is 5.97 Å². The van der Waals surface area contributed by atoms with E-state index in [0.29, 0.717) is 22.9 Å². The van der Waals surface area contributed by atoms with Crippen molar-refractivity contribution in [1.82, 2.24) is 41.8 Å². The summed E-state index contributed by atoms with van der Waals surface area (Å²) in [6, 6.07) is -0.724. The van der Waals surface area contributed by atoms with Crippen LogP contribution in [-0.2, 0) is 44.8 Å². The first-order valence-corrected chi connectivity index (χ1v) is 27.0. The molecule has 8 atom stereocenters. The number of carboxylic acid groups (broad SMARTS) is 1. The minimum Gasteiger partial charge on any atom is -0.480 e. The molecule has 18 N–H and O–H groups in total.